The van der Waals surface area contributed by atoms with E-state index in [2.05, 4.69) is 0 Å². The van der Waals surface area contributed by atoms with Gasteiger partial charge in [-0.05, 0) is 24.1 Å². The summed E-state index contributed by atoms with van der Waals surface area (Å²) in [5.41, 5.74) is 1.14. The lowest BCUT2D eigenvalue weighted by molar-refractivity contribution is -0.305. The summed E-state index contributed by atoms with van der Waals surface area (Å²) in [5, 5.41) is 22.6. The van der Waals surface area contributed by atoms with Gasteiger partial charge in [0.25, 0.3) is 0 Å². The Bertz CT molecular complexity index is 434. The molecule has 0 aliphatic heterocycles. The molecule has 0 saturated carbocycles. The molecule has 0 spiro atoms. The molecule has 0 unspecified atom stereocenters. The number of ether oxygens (including phenoxy) is 2. The van der Waals surface area contributed by atoms with Crippen LogP contribution in [0.1, 0.15) is 11.1 Å². The van der Waals surface area contributed by atoms with Gasteiger partial charge in [-0.3, -0.25) is 5.11 Å². The van der Waals surface area contributed by atoms with Crippen LogP contribution >= 0.6 is 0 Å². The van der Waals surface area contributed by atoms with Crippen molar-refractivity contribution in [1.29, 1.82) is 0 Å². The molecule has 0 heterocycles. The van der Waals surface area contributed by atoms with Crippen molar-refractivity contribution in [3.05, 3.63) is 29.0 Å². The third-order valence-corrected chi connectivity index (χ3v) is 2.46. The minimum atomic E-state index is -0.439. The van der Waals surface area contributed by atoms with Crippen molar-refractivity contribution in [3.63, 3.8) is 0 Å². The summed E-state index contributed by atoms with van der Waals surface area (Å²) in [5.74, 6) is 0.198. The number of hydrogen-bond donors (Lipinski definition) is 0. The van der Waals surface area contributed by atoms with E-state index >= 15 is 0 Å². The molecule has 79 valence electrons. The second-order valence-corrected chi connectivity index (χ2v) is 3.29. The molecular formula is C11H10O4-. The highest BCUT2D eigenvalue weighted by Crippen LogP contribution is 2.37. The first-order valence-electron chi connectivity index (χ1n) is 4.49. The number of rotatable bonds is 2. The van der Waals surface area contributed by atoms with Crippen LogP contribution in [0.4, 0.5) is 0 Å². The van der Waals surface area contributed by atoms with E-state index in [0.29, 0.717) is 22.6 Å². The fourth-order valence-corrected chi connectivity index (χ4v) is 1.68. The van der Waals surface area contributed by atoms with Gasteiger partial charge < -0.3 is 14.6 Å². The smallest absolute Gasteiger partial charge is 0.174 e. The summed E-state index contributed by atoms with van der Waals surface area (Å²) in [6, 6.07) is 3.23. The van der Waals surface area contributed by atoms with Gasteiger partial charge in [-0.15, -0.1) is 0 Å². The maximum absolute atomic E-state index is 11.4. The second kappa shape index (κ2) is 3.38. The molecule has 0 fully saturated rings. The van der Waals surface area contributed by atoms with Crippen LogP contribution in [0, 0.1) is 0 Å². The quantitative estimate of drug-likeness (QED) is 0.716. The Morgan fingerprint density at radius 1 is 1.20 bits per heavy atom. The fraction of sp³-hybridized carbons (Fsp3) is 0.273. The average Bonchev–Trinajstić information content (AvgIpc) is 2.53. The standard InChI is InChI=1S/C11H11O4/c1-14-9-4-6-3-8(12)11(13)7(6)5-10(9)15-2/h4-5,12H,3H2,1-2H3/p-1. The van der Waals surface area contributed by atoms with E-state index < -0.39 is 5.76 Å². The summed E-state index contributed by atoms with van der Waals surface area (Å²) in [6.07, 6.45) is 0.161. The van der Waals surface area contributed by atoms with Gasteiger partial charge in [-0.25, -0.2) is 0 Å². The molecule has 1 aromatic rings. The molecule has 1 aliphatic rings. The van der Waals surface area contributed by atoms with Crippen LogP contribution < -0.4 is 14.6 Å². The topological polar surface area (TPSA) is 61.4 Å². The minimum Gasteiger partial charge on any atom is -0.873 e. The van der Waals surface area contributed by atoms with Gasteiger partial charge in [0.1, 0.15) is 0 Å². The number of fused-ring (bicyclic) bond motifs is 1. The van der Waals surface area contributed by atoms with Crippen LogP contribution in [0.2, 0.25) is 0 Å². The van der Waals surface area contributed by atoms with Crippen LogP contribution in [0.25, 0.3) is 5.76 Å². The highest BCUT2D eigenvalue weighted by molar-refractivity contribution is 5.71. The number of methoxy groups -OCH3 is 2. The summed E-state index contributed by atoms with van der Waals surface area (Å²) in [7, 11) is 3.01. The van der Waals surface area contributed by atoms with Crippen molar-refractivity contribution in [3.8, 4) is 11.5 Å². The Morgan fingerprint density at radius 3 is 2.40 bits per heavy atom. The minimum absolute atomic E-state index is 0.161. The normalized spacial score (nSPS) is 14.0. The lowest BCUT2D eigenvalue weighted by Crippen LogP contribution is -2.03. The number of benzene rings is 1. The Hall–Kier alpha value is -1.84. The van der Waals surface area contributed by atoms with Gasteiger partial charge in [0.15, 0.2) is 17.3 Å². The van der Waals surface area contributed by atoms with E-state index in [1.807, 2.05) is 0 Å². The Kier molecular flexibility index (Phi) is 2.19. The number of allylic oxidation sites excluding steroid dienone is 1. The van der Waals surface area contributed by atoms with E-state index in [1.165, 1.54) is 14.2 Å². The van der Waals surface area contributed by atoms with Crippen molar-refractivity contribution >= 4 is 5.76 Å². The van der Waals surface area contributed by atoms with Crippen LogP contribution in [-0.2, 0) is 11.5 Å². The van der Waals surface area contributed by atoms with Gasteiger partial charge in [-0.1, -0.05) is 5.76 Å². The lowest BCUT2D eigenvalue weighted by atomic mass is 10.1. The molecule has 2 rings (SSSR count). The Balaban J connectivity index is 2.55. The highest BCUT2D eigenvalue weighted by atomic mass is 16.5. The summed E-state index contributed by atoms with van der Waals surface area (Å²) in [4.78, 5) is 0. The molecule has 1 aliphatic carbocycles. The predicted octanol–water partition coefficient (Wildman–Crippen LogP) is 0.719. The van der Waals surface area contributed by atoms with E-state index in [-0.39, 0.29) is 12.2 Å². The van der Waals surface area contributed by atoms with Gasteiger partial charge >= 0.3 is 0 Å². The molecule has 4 nitrogen and oxygen atoms in total. The molecule has 1 aromatic carbocycles. The zero-order chi connectivity index (χ0) is 11.0. The Labute approximate surface area is 87.4 Å². The van der Waals surface area contributed by atoms with Crippen LogP contribution in [0.15, 0.2) is 17.9 Å². The largest absolute Gasteiger partial charge is 0.873 e. The van der Waals surface area contributed by atoms with E-state index in [1.54, 1.807) is 12.1 Å². The van der Waals surface area contributed by atoms with Gasteiger partial charge in [0, 0.05) is 5.56 Å². The zero-order valence-corrected chi connectivity index (χ0v) is 8.49. The van der Waals surface area contributed by atoms with Crippen molar-refractivity contribution < 1.29 is 19.7 Å². The maximum atomic E-state index is 11.4. The molecule has 4 heteroatoms. The second-order valence-electron chi connectivity index (χ2n) is 3.29. The summed E-state index contributed by atoms with van der Waals surface area (Å²) < 4.78 is 10.1. The van der Waals surface area contributed by atoms with Crippen LogP contribution in [0.5, 0.6) is 11.5 Å². The highest BCUT2D eigenvalue weighted by Gasteiger charge is 2.20. The van der Waals surface area contributed by atoms with Crippen molar-refractivity contribution in [2.75, 3.05) is 14.2 Å². The monoisotopic (exact) mass is 206 g/mol. The molecule has 0 bridgehead atoms. The number of hydrogen-bond acceptors (Lipinski definition) is 3. The third kappa shape index (κ3) is 1.38. The van der Waals surface area contributed by atoms with Crippen molar-refractivity contribution in [1.82, 2.24) is 0 Å². The maximum Gasteiger partial charge on any atom is 0.174 e. The molecule has 0 saturated heterocycles. The first-order chi connectivity index (χ1) is 7.17. The van der Waals surface area contributed by atoms with Gasteiger partial charge in [-0.2, -0.15) is 0 Å². The summed E-state index contributed by atoms with van der Waals surface area (Å²) >= 11 is 0. The van der Waals surface area contributed by atoms with Crippen molar-refractivity contribution in [2.45, 2.75) is 6.42 Å². The van der Waals surface area contributed by atoms with E-state index in [9.17, 15) is 10.2 Å². The molecule has 0 amide bonds. The van der Waals surface area contributed by atoms with Crippen LogP contribution in [0.3, 0.4) is 0 Å². The summed E-state index contributed by atoms with van der Waals surface area (Å²) in [6.45, 7) is 0. The lowest BCUT2D eigenvalue weighted by Gasteiger charge is -2.09. The van der Waals surface area contributed by atoms with E-state index in [0.717, 1.165) is 0 Å². The molecule has 0 N–H and O–H groups in total. The molecular weight excluding hydrogens is 196 g/mol. The molecule has 0 aromatic heterocycles. The third-order valence-electron chi connectivity index (χ3n) is 2.46. The van der Waals surface area contributed by atoms with Crippen LogP contribution in [-0.4, -0.2) is 14.2 Å². The first kappa shape index (κ1) is 9.71. The predicted molar refractivity (Wildman–Crippen MR) is 50.9 cm³/mol. The molecule has 1 radical (unpaired) electrons. The van der Waals surface area contributed by atoms with E-state index in [4.69, 9.17) is 9.47 Å². The first-order valence-corrected chi connectivity index (χ1v) is 4.49. The van der Waals surface area contributed by atoms with Gasteiger partial charge in [0.05, 0.1) is 14.2 Å². The van der Waals surface area contributed by atoms with Crippen molar-refractivity contribution in [2.24, 2.45) is 0 Å². The SMILES string of the molecule is COc1cc2c(cc1OC)C([O])=C([O-])C2. The molecule has 0 atom stereocenters. The Morgan fingerprint density at radius 2 is 1.80 bits per heavy atom. The zero-order valence-electron chi connectivity index (χ0n) is 8.49. The van der Waals surface area contributed by atoms with Gasteiger partial charge in [0.2, 0.25) is 0 Å². The fourth-order valence-electron chi connectivity index (χ4n) is 1.68. The molecule has 15 heavy (non-hydrogen) atoms. The average molecular weight is 206 g/mol.